The molecule has 0 heterocycles. The van der Waals surface area contributed by atoms with Crippen LogP contribution >= 0.6 is 0 Å². The maximum atomic E-state index is 12.4. The van der Waals surface area contributed by atoms with Crippen LogP contribution in [0.15, 0.2) is 309 Å². The SMILES string of the molecule is CCC(COC(=O)c1ccccc1)C(CC)OC(=O)c1ccccc1.CCC(OC(=O)C=Cc1ccccc1)C(C)COC(=O)c1ccccc1.CCC(OC(=O)c1ccccc1)C(C)COC(=O)c1ccccc1.CCCC(COC(=O)c1ccccc1)C(CC)OC(=O)c1ccccc1.CCCCC(COC(=O)c1ccccc1)C(CC)OC(=O)c1ccccc1. The van der Waals surface area contributed by atoms with Crippen LogP contribution in [0.5, 0.6) is 0 Å². The Morgan fingerprint density at radius 2 is 0.453 bits per heavy atom. The smallest absolute Gasteiger partial charge is 0.338 e. The van der Waals surface area contributed by atoms with Gasteiger partial charge in [-0.3, -0.25) is 0 Å². The van der Waals surface area contributed by atoms with Gasteiger partial charge in [0.15, 0.2) is 0 Å². The van der Waals surface area contributed by atoms with E-state index in [-0.39, 0.29) is 147 Å². The molecule has 0 amide bonds. The van der Waals surface area contributed by atoms with Gasteiger partial charge in [-0.15, -0.1) is 0 Å². The molecule has 0 aliphatic rings. The molecule has 0 aliphatic heterocycles. The second kappa shape index (κ2) is 60.3. The molecule has 10 rings (SSSR count). The van der Waals surface area contributed by atoms with Gasteiger partial charge in [-0.05, 0) is 172 Å². The quantitative estimate of drug-likeness (QED) is 0.0195. The molecular formula is C108H124O20. The molecule has 10 aromatic carbocycles. The van der Waals surface area contributed by atoms with Crippen LogP contribution in [0.3, 0.4) is 0 Å². The average Bonchev–Trinajstić information content (AvgIpc) is 0.881. The van der Waals surface area contributed by atoms with Crippen molar-refractivity contribution in [3.63, 3.8) is 0 Å². The van der Waals surface area contributed by atoms with Crippen LogP contribution in [0, 0.1) is 29.6 Å². The fourth-order valence-electron chi connectivity index (χ4n) is 13.3. The Kier molecular flexibility index (Phi) is 48.7. The molecular weight excluding hydrogens is 1620 g/mol. The van der Waals surface area contributed by atoms with Crippen LogP contribution in [-0.2, 0) is 52.2 Å². The molecule has 10 unspecified atom stereocenters. The van der Waals surface area contributed by atoms with Crippen molar-refractivity contribution in [3.05, 3.63) is 365 Å². The minimum Gasteiger partial charge on any atom is -0.462 e. The Bertz CT molecular complexity index is 4850. The maximum Gasteiger partial charge on any atom is 0.338 e. The summed E-state index contributed by atoms with van der Waals surface area (Å²) in [6.45, 7) is 20.9. The number of benzene rings is 10. The lowest BCUT2D eigenvalue weighted by atomic mass is 9.94. The van der Waals surface area contributed by atoms with Crippen LogP contribution in [0.1, 0.15) is 239 Å². The standard InChI is InChI=1S/C23H28O4.C22H24O4.C22H26O4.C21H24O4.C20H22O4/c1-3-5-12-20(17-26-22(24)18-13-8-6-9-14-18)21(4-2)27-23(25)19-15-10-7-11-16-19;1-3-20(26-21(23)15-14-18-10-6-4-7-11-18)17(2)16-25-22(24)19-12-8-5-9-13-19;1-3-11-19(16-25-21(23)17-12-7-5-8-13-17)20(4-2)26-22(24)18-14-9-6-10-15-18;1-3-16(15-24-20(22)17-11-7-5-8-12-17)19(4-2)25-21(23)18-13-9-6-10-14-18;1-3-18(24-20(22)17-12-8-5-9-13-17)15(2)14-23-19(21)16-10-6-4-7-11-16/h6-11,13-16,20-21H,3-5,12,17H2,1-2H3;4-15,17,20H,3,16H2,1-2H3;5-10,12-15,19-20H,3-4,11,16H2,1-2H3;5-14,16,19H,3-4,15H2,1-2H3;4-13,15,18H,3,14H2,1-2H3. The molecule has 0 saturated carbocycles. The van der Waals surface area contributed by atoms with Gasteiger partial charge in [-0.25, -0.2) is 47.9 Å². The van der Waals surface area contributed by atoms with E-state index >= 15 is 0 Å². The Morgan fingerprint density at radius 3 is 0.703 bits per heavy atom. The van der Waals surface area contributed by atoms with E-state index in [9.17, 15) is 47.9 Å². The lowest BCUT2D eigenvalue weighted by Gasteiger charge is -2.26. The maximum absolute atomic E-state index is 12.4. The van der Waals surface area contributed by atoms with E-state index in [0.29, 0.717) is 82.2 Å². The number of ether oxygens (including phenoxy) is 10. The molecule has 20 heteroatoms. The predicted octanol–water partition coefficient (Wildman–Crippen LogP) is 23.3. The Labute approximate surface area is 755 Å². The van der Waals surface area contributed by atoms with Gasteiger partial charge in [0, 0.05) is 35.7 Å². The second-order valence-corrected chi connectivity index (χ2v) is 30.4. The molecule has 0 spiro atoms. The highest BCUT2D eigenvalue weighted by Crippen LogP contribution is 2.26. The first kappa shape index (κ1) is 103. The first-order valence-corrected chi connectivity index (χ1v) is 44.3. The summed E-state index contributed by atoms with van der Waals surface area (Å²) in [5.41, 5.74) is 5.64. The Balaban J connectivity index is 0.000000247. The fraction of sp³-hybridized carbons (Fsp3) is 0.333. The summed E-state index contributed by atoms with van der Waals surface area (Å²) in [4.78, 5) is 122. The molecule has 0 bridgehead atoms. The minimum absolute atomic E-state index is 0.0183. The van der Waals surface area contributed by atoms with Gasteiger partial charge < -0.3 is 47.4 Å². The van der Waals surface area contributed by atoms with Gasteiger partial charge in [0.05, 0.1) is 83.1 Å². The number of carbonyl (C=O) groups excluding carboxylic acids is 10. The number of esters is 10. The third-order valence-corrected chi connectivity index (χ3v) is 20.8. The van der Waals surface area contributed by atoms with Gasteiger partial charge in [0.1, 0.15) is 30.5 Å². The van der Waals surface area contributed by atoms with Crippen molar-refractivity contribution in [1.29, 1.82) is 0 Å². The fourth-order valence-corrected chi connectivity index (χ4v) is 13.3. The average molecular weight is 1740 g/mol. The van der Waals surface area contributed by atoms with E-state index in [4.69, 9.17) is 47.4 Å². The largest absolute Gasteiger partial charge is 0.462 e. The highest BCUT2D eigenvalue weighted by molar-refractivity contribution is 5.94. The molecule has 676 valence electrons. The first-order valence-electron chi connectivity index (χ1n) is 44.3. The highest BCUT2D eigenvalue weighted by Gasteiger charge is 2.30. The number of hydrogen-bond acceptors (Lipinski definition) is 20. The van der Waals surface area contributed by atoms with E-state index in [0.717, 1.165) is 44.1 Å². The summed E-state index contributed by atoms with van der Waals surface area (Å²) in [6, 6.07) is 89.6. The lowest BCUT2D eigenvalue weighted by Crippen LogP contribution is -2.31. The van der Waals surface area contributed by atoms with Gasteiger partial charge in [-0.1, -0.05) is 283 Å². The van der Waals surface area contributed by atoms with E-state index in [1.54, 1.807) is 188 Å². The summed E-state index contributed by atoms with van der Waals surface area (Å²) < 4.78 is 55.3. The van der Waals surface area contributed by atoms with Crippen molar-refractivity contribution in [1.82, 2.24) is 0 Å². The third-order valence-electron chi connectivity index (χ3n) is 20.8. The first-order chi connectivity index (χ1) is 62.2. The molecule has 0 N–H and O–H groups in total. The molecule has 0 aromatic heterocycles. The van der Waals surface area contributed by atoms with E-state index in [2.05, 4.69) is 13.8 Å². The second-order valence-electron chi connectivity index (χ2n) is 30.4. The van der Waals surface area contributed by atoms with Crippen LogP contribution < -0.4 is 0 Å². The summed E-state index contributed by atoms with van der Waals surface area (Å²) in [6.07, 6.45) is 10.3. The Morgan fingerprint density at radius 1 is 0.234 bits per heavy atom. The van der Waals surface area contributed by atoms with Gasteiger partial charge in [-0.2, -0.15) is 0 Å². The van der Waals surface area contributed by atoms with Gasteiger partial charge >= 0.3 is 59.7 Å². The highest BCUT2D eigenvalue weighted by atomic mass is 16.6. The molecule has 0 radical (unpaired) electrons. The molecule has 10 atom stereocenters. The van der Waals surface area contributed by atoms with E-state index < -0.39 is 5.97 Å². The van der Waals surface area contributed by atoms with Crippen molar-refractivity contribution in [2.45, 2.75) is 170 Å². The third kappa shape index (κ3) is 38.2. The molecule has 128 heavy (non-hydrogen) atoms. The van der Waals surface area contributed by atoms with Crippen molar-refractivity contribution < 1.29 is 95.3 Å². The zero-order valence-electron chi connectivity index (χ0n) is 75.3. The lowest BCUT2D eigenvalue weighted by molar-refractivity contribution is -0.146. The van der Waals surface area contributed by atoms with Crippen molar-refractivity contribution in [2.75, 3.05) is 33.0 Å². The van der Waals surface area contributed by atoms with E-state index in [1.165, 1.54) is 6.08 Å². The molecule has 10 aromatic rings. The summed E-state index contributed by atoms with van der Waals surface area (Å²) >= 11 is 0. The Hall–Kier alpha value is -13.4. The van der Waals surface area contributed by atoms with Crippen LogP contribution in [0.4, 0.5) is 0 Å². The van der Waals surface area contributed by atoms with Gasteiger partial charge in [0.2, 0.25) is 0 Å². The topological polar surface area (TPSA) is 263 Å². The van der Waals surface area contributed by atoms with Crippen molar-refractivity contribution in [2.24, 2.45) is 29.6 Å². The zero-order valence-corrected chi connectivity index (χ0v) is 75.3. The summed E-state index contributed by atoms with van der Waals surface area (Å²) in [5.74, 6) is -3.84. The minimum atomic E-state index is -0.401. The van der Waals surface area contributed by atoms with Crippen LogP contribution in [-0.4, -0.2) is 123 Å². The molecule has 0 aliphatic carbocycles. The number of unbranched alkanes of at least 4 members (excludes halogenated alkanes) is 1. The molecule has 20 nitrogen and oxygen atoms in total. The van der Waals surface area contributed by atoms with E-state index in [1.807, 2.05) is 177 Å². The number of rotatable bonds is 42. The predicted molar refractivity (Wildman–Crippen MR) is 497 cm³/mol. The van der Waals surface area contributed by atoms with Crippen LogP contribution in [0.25, 0.3) is 6.08 Å². The van der Waals surface area contributed by atoms with Crippen molar-refractivity contribution in [3.8, 4) is 0 Å². The van der Waals surface area contributed by atoms with Gasteiger partial charge in [0.25, 0.3) is 0 Å². The number of carbonyl (C=O) groups is 10. The number of hydrogen-bond donors (Lipinski definition) is 0. The summed E-state index contributed by atoms with van der Waals surface area (Å²) in [5, 5.41) is 0. The van der Waals surface area contributed by atoms with Crippen molar-refractivity contribution >= 4 is 65.8 Å². The summed E-state index contributed by atoms with van der Waals surface area (Å²) in [7, 11) is 0. The molecule has 0 fully saturated rings. The molecule has 0 saturated heterocycles. The zero-order chi connectivity index (χ0) is 92.5. The normalized spacial score (nSPS) is 12.9. The monoisotopic (exact) mass is 1740 g/mol. The van der Waals surface area contributed by atoms with Crippen LogP contribution in [0.2, 0.25) is 0 Å².